The van der Waals surface area contributed by atoms with Crippen molar-refractivity contribution in [1.82, 2.24) is 5.32 Å². The molecule has 1 amide bonds. The van der Waals surface area contributed by atoms with Crippen LogP contribution < -0.4 is 10.1 Å². The number of nitrogens with zero attached hydrogens (tertiary/aromatic N) is 1. The molecule has 1 N–H and O–H groups in total. The monoisotopic (exact) mass is 340 g/mol. The lowest BCUT2D eigenvalue weighted by atomic mass is 10.0. The highest BCUT2D eigenvalue weighted by Crippen LogP contribution is 2.30. The van der Waals surface area contributed by atoms with E-state index < -0.39 is 0 Å². The number of amides is 1. The third-order valence-corrected chi connectivity index (χ3v) is 3.75. The van der Waals surface area contributed by atoms with Gasteiger partial charge in [0.2, 0.25) is 0 Å². The molecule has 1 aromatic rings. The van der Waals surface area contributed by atoms with E-state index in [1.54, 1.807) is 6.08 Å². The molecule has 5 nitrogen and oxygen atoms in total. The Bertz CT molecular complexity index is 714. The number of hydrogen-bond acceptors (Lipinski definition) is 4. The Labute approximate surface area is 148 Å². The molecule has 0 aromatic heterocycles. The van der Waals surface area contributed by atoms with Crippen LogP contribution in [-0.2, 0) is 9.53 Å². The summed E-state index contributed by atoms with van der Waals surface area (Å²) in [7, 11) is 0. The third-order valence-electron chi connectivity index (χ3n) is 3.75. The topological polar surface area (TPSA) is 71.3 Å². The Morgan fingerprint density at radius 3 is 2.92 bits per heavy atom. The maximum Gasteiger partial charge on any atom is 0.261 e. The lowest BCUT2D eigenvalue weighted by Crippen LogP contribution is -2.27. The van der Waals surface area contributed by atoms with Crippen LogP contribution in [0.1, 0.15) is 32.8 Å². The molecule has 1 heterocycles. The second-order valence-electron chi connectivity index (χ2n) is 6.14. The summed E-state index contributed by atoms with van der Waals surface area (Å²) in [6.45, 7) is 6.88. The standard InChI is InChI=1S/C20H24N2O3/c1-14(2)24-10-6-9-22-20(23)18(13-21)12-17-11-16-7-4-5-8-19(16)25-15(17)3/h4-5,7-8,11-12,14-15H,6,9-10H2,1-3H3,(H,22,23). The van der Waals surface area contributed by atoms with Crippen molar-refractivity contribution in [2.24, 2.45) is 0 Å². The molecular formula is C20H24N2O3. The normalized spacial score (nSPS) is 16.5. The fourth-order valence-electron chi connectivity index (χ4n) is 2.43. The minimum atomic E-state index is -0.376. The van der Waals surface area contributed by atoms with E-state index in [2.05, 4.69) is 5.32 Å². The average Bonchev–Trinajstić information content (AvgIpc) is 2.59. The molecule has 1 aliphatic heterocycles. The summed E-state index contributed by atoms with van der Waals surface area (Å²) in [5, 5.41) is 12.1. The quantitative estimate of drug-likeness (QED) is 0.470. The zero-order chi connectivity index (χ0) is 18.2. The molecule has 1 unspecified atom stereocenters. The first-order valence-corrected chi connectivity index (χ1v) is 8.50. The predicted molar refractivity (Wildman–Crippen MR) is 96.9 cm³/mol. The van der Waals surface area contributed by atoms with Crippen LogP contribution in [0.25, 0.3) is 6.08 Å². The highest BCUT2D eigenvalue weighted by atomic mass is 16.5. The molecule has 2 rings (SSSR count). The second-order valence-corrected chi connectivity index (χ2v) is 6.14. The third kappa shape index (κ3) is 5.47. The Morgan fingerprint density at radius 2 is 2.20 bits per heavy atom. The Balaban J connectivity index is 2.01. The van der Waals surface area contributed by atoms with Gasteiger partial charge in [0, 0.05) is 18.7 Å². The number of nitrogens with one attached hydrogen (secondary N) is 1. The second kappa shape index (κ2) is 9.05. The van der Waals surface area contributed by atoms with Crippen LogP contribution in [0.2, 0.25) is 0 Å². The van der Waals surface area contributed by atoms with Crippen LogP contribution in [0.3, 0.4) is 0 Å². The summed E-state index contributed by atoms with van der Waals surface area (Å²) in [5.74, 6) is 0.430. The van der Waals surface area contributed by atoms with E-state index >= 15 is 0 Å². The van der Waals surface area contributed by atoms with Crippen molar-refractivity contribution >= 4 is 12.0 Å². The van der Waals surface area contributed by atoms with Gasteiger partial charge in [-0.3, -0.25) is 4.79 Å². The maximum atomic E-state index is 12.2. The van der Waals surface area contributed by atoms with Crippen molar-refractivity contribution in [3.63, 3.8) is 0 Å². The van der Waals surface area contributed by atoms with Gasteiger partial charge in [0.25, 0.3) is 5.91 Å². The summed E-state index contributed by atoms with van der Waals surface area (Å²) in [6.07, 6.45) is 4.21. The molecule has 0 radical (unpaired) electrons. The van der Waals surface area contributed by atoms with Crippen molar-refractivity contribution < 1.29 is 14.3 Å². The molecule has 0 spiro atoms. The van der Waals surface area contributed by atoms with Gasteiger partial charge in [0.1, 0.15) is 23.5 Å². The van der Waals surface area contributed by atoms with E-state index in [1.807, 2.05) is 57.2 Å². The zero-order valence-electron chi connectivity index (χ0n) is 14.9. The number of carbonyl (C=O) groups is 1. The van der Waals surface area contributed by atoms with Crippen LogP contribution in [0.5, 0.6) is 5.75 Å². The fourth-order valence-corrected chi connectivity index (χ4v) is 2.43. The fraction of sp³-hybridized carbons (Fsp3) is 0.400. The summed E-state index contributed by atoms with van der Waals surface area (Å²) in [4.78, 5) is 12.2. The van der Waals surface area contributed by atoms with Crippen molar-refractivity contribution in [3.05, 3.63) is 47.1 Å². The van der Waals surface area contributed by atoms with Crippen LogP contribution in [0.4, 0.5) is 0 Å². The first kappa shape index (κ1) is 18.8. The molecule has 0 saturated heterocycles. The molecule has 0 fully saturated rings. The number of fused-ring (bicyclic) bond motifs is 1. The SMILES string of the molecule is CC(C)OCCCNC(=O)C(C#N)=CC1=Cc2ccccc2OC1C. The van der Waals surface area contributed by atoms with E-state index in [0.717, 1.165) is 16.9 Å². The predicted octanol–water partition coefficient (Wildman–Crippen LogP) is 3.23. The Kier molecular flexibility index (Phi) is 6.79. The molecule has 5 heteroatoms. The lowest BCUT2D eigenvalue weighted by Gasteiger charge is -2.23. The molecule has 0 bridgehead atoms. The number of benzene rings is 1. The van der Waals surface area contributed by atoms with E-state index in [-0.39, 0.29) is 23.7 Å². The number of nitriles is 1. The first-order valence-electron chi connectivity index (χ1n) is 8.50. The van der Waals surface area contributed by atoms with E-state index in [9.17, 15) is 10.1 Å². The van der Waals surface area contributed by atoms with E-state index in [0.29, 0.717) is 19.6 Å². The highest BCUT2D eigenvalue weighted by molar-refractivity contribution is 5.98. The van der Waals surface area contributed by atoms with Crippen LogP contribution in [0.15, 0.2) is 41.5 Å². The van der Waals surface area contributed by atoms with Gasteiger partial charge in [0.15, 0.2) is 0 Å². The largest absolute Gasteiger partial charge is 0.485 e. The minimum absolute atomic E-state index is 0.0749. The van der Waals surface area contributed by atoms with Gasteiger partial charge in [-0.15, -0.1) is 0 Å². The smallest absolute Gasteiger partial charge is 0.261 e. The first-order chi connectivity index (χ1) is 12.0. The summed E-state index contributed by atoms with van der Waals surface area (Å²) >= 11 is 0. The number of carbonyl (C=O) groups excluding carboxylic acids is 1. The van der Waals surface area contributed by atoms with Crippen LogP contribution in [0, 0.1) is 11.3 Å². The number of ether oxygens (including phenoxy) is 2. The Hall–Kier alpha value is -2.58. The highest BCUT2D eigenvalue weighted by Gasteiger charge is 2.19. The van der Waals surface area contributed by atoms with Crippen LogP contribution in [-0.4, -0.2) is 31.3 Å². The van der Waals surface area contributed by atoms with Gasteiger partial charge >= 0.3 is 0 Å². The van der Waals surface area contributed by atoms with E-state index in [4.69, 9.17) is 9.47 Å². The number of hydrogen-bond donors (Lipinski definition) is 1. The number of para-hydroxylation sites is 1. The van der Waals surface area contributed by atoms with Crippen molar-refractivity contribution in [3.8, 4) is 11.8 Å². The molecule has 0 aliphatic carbocycles. The Morgan fingerprint density at radius 1 is 1.44 bits per heavy atom. The molecular weight excluding hydrogens is 316 g/mol. The van der Waals surface area contributed by atoms with Crippen molar-refractivity contribution in [2.75, 3.05) is 13.2 Å². The summed E-state index contributed by atoms with van der Waals surface area (Å²) in [5.41, 5.74) is 1.81. The van der Waals surface area contributed by atoms with Crippen molar-refractivity contribution in [1.29, 1.82) is 5.26 Å². The maximum absolute atomic E-state index is 12.2. The molecule has 25 heavy (non-hydrogen) atoms. The van der Waals surface area contributed by atoms with Gasteiger partial charge in [-0.05, 0) is 51.0 Å². The van der Waals surface area contributed by atoms with Gasteiger partial charge in [0.05, 0.1) is 6.10 Å². The molecule has 1 aliphatic rings. The van der Waals surface area contributed by atoms with Crippen molar-refractivity contribution in [2.45, 2.75) is 39.4 Å². The number of rotatable bonds is 7. The minimum Gasteiger partial charge on any atom is -0.485 e. The molecule has 1 atom stereocenters. The zero-order valence-corrected chi connectivity index (χ0v) is 14.9. The molecule has 132 valence electrons. The lowest BCUT2D eigenvalue weighted by molar-refractivity contribution is -0.117. The van der Waals surface area contributed by atoms with Gasteiger partial charge < -0.3 is 14.8 Å². The van der Waals surface area contributed by atoms with E-state index in [1.165, 1.54) is 0 Å². The molecule has 1 aromatic carbocycles. The average molecular weight is 340 g/mol. The summed E-state index contributed by atoms with van der Waals surface area (Å²) < 4.78 is 11.3. The van der Waals surface area contributed by atoms with Gasteiger partial charge in [-0.1, -0.05) is 18.2 Å². The van der Waals surface area contributed by atoms with Gasteiger partial charge in [-0.2, -0.15) is 5.26 Å². The van der Waals surface area contributed by atoms with Crippen LogP contribution >= 0.6 is 0 Å². The molecule has 0 saturated carbocycles. The van der Waals surface area contributed by atoms with Gasteiger partial charge in [-0.25, -0.2) is 0 Å². The summed E-state index contributed by atoms with van der Waals surface area (Å²) in [6, 6.07) is 9.66.